The lowest BCUT2D eigenvalue weighted by molar-refractivity contribution is 0.432. The van der Waals surface area contributed by atoms with E-state index in [-0.39, 0.29) is 0 Å². The van der Waals surface area contributed by atoms with Gasteiger partial charge in [0, 0.05) is 8.95 Å². The van der Waals surface area contributed by atoms with Crippen LogP contribution in [0.25, 0.3) is 22.8 Å². The molecular weight excluding hydrogens is 390 g/mol. The van der Waals surface area contributed by atoms with Gasteiger partial charge in [-0.25, -0.2) is 0 Å². The first-order valence-corrected chi connectivity index (χ1v) is 7.28. The smallest absolute Gasteiger partial charge is 0.260 e. The number of benzene rings is 1. The molecule has 7 heteroatoms. The summed E-state index contributed by atoms with van der Waals surface area (Å²) in [6.07, 6.45) is 1.59. The first-order valence-electron chi connectivity index (χ1n) is 5.69. The number of aromatic nitrogens is 2. The van der Waals surface area contributed by atoms with E-state index < -0.39 is 0 Å². The number of halogens is 2. The maximum atomic E-state index is 6.03. The van der Waals surface area contributed by atoms with E-state index in [2.05, 4.69) is 42.0 Å². The third-order valence-corrected chi connectivity index (χ3v) is 3.96. The van der Waals surface area contributed by atoms with Crippen molar-refractivity contribution in [1.29, 1.82) is 0 Å². The van der Waals surface area contributed by atoms with Crippen molar-refractivity contribution in [2.24, 2.45) is 0 Å². The molecule has 0 aliphatic heterocycles. The molecule has 3 aromatic rings. The SMILES string of the molecule is Cc1occc1-c1noc(-c2cc(Br)cc(Br)c2N)n1. The first-order chi connectivity index (χ1) is 9.56. The van der Waals surface area contributed by atoms with E-state index in [1.165, 1.54) is 0 Å². The molecule has 0 saturated heterocycles. The normalized spacial score (nSPS) is 10.9. The monoisotopic (exact) mass is 397 g/mol. The highest BCUT2D eigenvalue weighted by Crippen LogP contribution is 2.35. The van der Waals surface area contributed by atoms with Gasteiger partial charge in [0.1, 0.15) is 5.76 Å². The van der Waals surface area contributed by atoms with Crippen LogP contribution in [0, 0.1) is 6.92 Å². The van der Waals surface area contributed by atoms with Crippen LogP contribution in [0.15, 0.2) is 42.3 Å². The second-order valence-electron chi connectivity index (χ2n) is 4.16. The summed E-state index contributed by atoms with van der Waals surface area (Å²) in [4.78, 5) is 4.37. The van der Waals surface area contributed by atoms with E-state index in [0.29, 0.717) is 23.0 Å². The fraction of sp³-hybridized carbons (Fsp3) is 0.0769. The Balaban J connectivity index is 2.09. The molecule has 0 saturated carbocycles. The Kier molecular flexibility index (Phi) is 3.39. The third-order valence-electron chi connectivity index (χ3n) is 2.85. The average molecular weight is 399 g/mol. The Morgan fingerprint density at radius 1 is 1.20 bits per heavy atom. The Morgan fingerprint density at radius 3 is 2.70 bits per heavy atom. The van der Waals surface area contributed by atoms with E-state index in [1.807, 2.05) is 19.1 Å². The van der Waals surface area contributed by atoms with Crippen molar-refractivity contribution in [1.82, 2.24) is 10.1 Å². The molecule has 0 unspecified atom stereocenters. The summed E-state index contributed by atoms with van der Waals surface area (Å²) >= 11 is 6.80. The highest BCUT2D eigenvalue weighted by Gasteiger charge is 2.17. The van der Waals surface area contributed by atoms with Crippen LogP contribution in [0.2, 0.25) is 0 Å². The lowest BCUT2D eigenvalue weighted by atomic mass is 10.2. The van der Waals surface area contributed by atoms with Crippen molar-refractivity contribution in [3.05, 3.63) is 39.2 Å². The number of nitrogens with zero attached hydrogens (tertiary/aromatic N) is 2. The van der Waals surface area contributed by atoms with Crippen LogP contribution in [-0.2, 0) is 0 Å². The largest absolute Gasteiger partial charge is 0.469 e. The third kappa shape index (κ3) is 2.27. The quantitative estimate of drug-likeness (QED) is 0.646. The van der Waals surface area contributed by atoms with Gasteiger partial charge < -0.3 is 14.7 Å². The van der Waals surface area contributed by atoms with Crippen LogP contribution in [0.4, 0.5) is 5.69 Å². The molecule has 0 spiro atoms. The topological polar surface area (TPSA) is 78.1 Å². The summed E-state index contributed by atoms with van der Waals surface area (Å²) in [6.45, 7) is 1.84. The molecule has 2 heterocycles. The molecule has 5 nitrogen and oxygen atoms in total. The van der Waals surface area contributed by atoms with E-state index >= 15 is 0 Å². The molecule has 0 atom stereocenters. The number of hydrogen-bond donors (Lipinski definition) is 1. The zero-order valence-corrected chi connectivity index (χ0v) is 13.5. The van der Waals surface area contributed by atoms with Crippen LogP contribution in [0.1, 0.15) is 5.76 Å². The molecule has 0 aliphatic rings. The molecular formula is C13H9Br2N3O2. The van der Waals surface area contributed by atoms with Gasteiger partial charge >= 0.3 is 0 Å². The molecule has 0 fully saturated rings. The number of nitrogen functional groups attached to an aromatic ring is 1. The molecule has 0 aliphatic carbocycles. The number of furan rings is 1. The van der Waals surface area contributed by atoms with E-state index in [1.54, 1.807) is 12.3 Å². The van der Waals surface area contributed by atoms with Gasteiger partial charge in [0.05, 0.1) is 23.1 Å². The molecule has 2 aromatic heterocycles. The predicted molar refractivity (Wildman–Crippen MR) is 82.0 cm³/mol. The zero-order chi connectivity index (χ0) is 14.3. The van der Waals surface area contributed by atoms with Crippen LogP contribution >= 0.6 is 31.9 Å². The van der Waals surface area contributed by atoms with Crippen molar-refractivity contribution in [3.63, 3.8) is 0 Å². The highest BCUT2D eigenvalue weighted by atomic mass is 79.9. The first kappa shape index (κ1) is 13.4. The summed E-state index contributed by atoms with van der Waals surface area (Å²) in [7, 11) is 0. The van der Waals surface area contributed by atoms with Gasteiger partial charge in [0.2, 0.25) is 5.82 Å². The van der Waals surface area contributed by atoms with Gasteiger partial charge in [0.25, 0.3) is 5.89 Å². The maximum Gasteiger partial charge on any atom is 0.260 e. The van der Waals surface area contributed by atoms with Gasteiger partial charge in [0.15, 0.2) is 0 Å². The van der Waals surface area contributed by atoms with Gasteiger partial charge in [-0.2, -0.15) is 4.98 Å². The Bertz CT molecular complexity index is 780. The zero-order valence-electron chi connectivity index (χ0n) is 10.4. The standard InChI is InChI=1S/C13H9Br2N3O2/c1-6-8(2-3-19-6)12-17-13(20-18-12)9-4-7(14)5-10(15)11(9)16/h2-5H,16H2,1H3. The second-order valence-corrected chi connectivity index (χ2v) is 5.93. The molecule has 0 bridgehead atoms. The summed E-state index contributed by atoms with van der Waals surface area (Å²) in [5.41, 5.74) is 8.05. The second kappa shape index (κ2) is 5.06. The number of nitrogens with two attached hydrogens (primary N) is 1. The lowest BCUT2D eigenvalue weighted by Crippen LogP contribution is -1.92. The Hall–Kier alpha value is -1.60. The van der Waals surface area contributed by atoms with Crippen LogP contribution in [0.3, 0.4) is 0 Å². The summed E-state index contributed by atoms with van der Waals surface area (Å²) < 4.78 is 12.2. The average Bonchev–Trinajstić information content (AvgIpc) is 3.02. The molecule has 2 N–H and O–H groups in total. The Morgan fingerprint density at radius 2 is 2.00 bits per heavy atom. The van der Waals surface area contributed by atoms with Gasteiger partial charge in [-0.1, -0.05) is 21.1 Å². The number of anilines is 1. The predicted octanol–water partition coefficient (Wildman–Crippen LogP) is 4.41. The minimum atomic E-state index is 0.361. The number of hydrogen-bond acceptors (Lipinski definition) is 5. The number of aryl methyl sites for hydroxylation is 1. The summed E-state index contributed by atoms with van der Waals surface area (Å²) in [6, 6.07) is 5.49. The van der Waals surface area contributed by atoms with Crippen LogP contribution in [0.5, 0.6) is 0 Å². The van der Waals surface area contributed by atoms with Gasteiger partial charge in [-0.05, 0) is 41.1 Å². The van der Waals surface area contributed by atoms with E-state index in [4.69, 9.17) is 14.7 Å². The van der Waals surface area contributed by atoms with Crippen molar-refractivity contribution >= 4 is 37.5 Å². The van der Waals surface area contributed by atoms with Crippen LogP contribution < -0.4 is 5.73 Å². The highest BCUT2D eigenvalue weighted by molar-refractivity contribution is 9.11. The van der Waals surface area contributed by atoms with Crippen molar-refractivity contribution in [3.8, 4) is 22.8 Å². The molecule has 0 radical (unpaired) electrons. The molecule has 0 amide bonds. The summed E-state index contributed by atoms with van der Waals surface area (Å²) in [5.74, 6) is 1.57. The molecule has 20 heavy (non-hydrogen) atoms. The molecule has 3 rings (SSSR count). The fourth-order valence-electron chi connectivity index (χ4n) is 1.82. The minimum Gasteiger partial charge on any atom is -0.469 e. The lowest BCUT2D eigenvalue weighted by Gasteiger charge is -2.04. The van der Waals surface area contributed by atoms with Crippen LogP contribution in [-0.4, -0.2) is 10.1 Å². The van der Waals surface area contributed by atoms with Gasteiger partial charge in [-0.3, -0.25) is 0 Å². The van der Waals surface area contributed by atoms with Crippen molar-refractivity contribution in [2.45, 2.75) is 6.92 Å². The number of rotatable bonds is 2. The Labute approximate surface area is 131 Å². The molecule has 102 valence electrons. The van der Waals surface area contributed by atoms with Gasteiger partial charge in [-0.15, -0.1) is 0 Å². The van der Waals surface area contributed by atoms with Crippen molar-refractivity contribution < 1.29 is 8.94 Å². The van der Waals surface area contributed by atoms with Crippen molar-refractivity contribution in [2.75, 3.05) is 5.73 Å². The van der Waals surface area contributed by atoms with E-state index in [9.17, 15) is 0 Å². The summed E-state index contributed by atoms with van der Waals surface area (Å²) in [5, 5.41) is 3.96. The minimum absolute atomic E-state index is 0.361. The maximum absolute atomic E-state index is 6.03. The van der Waals surface area contributed by atoms with E-state index in [0.717, 1.165) is 20.3 Å². The fourth-order valence-corrected chi connectivity index (χ4v) is 3.05. The molecule has 1 aromatic carbocycles.